The van der Waals surface area contributed by atoms with E-state index in [1.54, 1.807) is 12.5 Å². The molecule has 6 heteroatoms. The Morgan fingerprint density at radius 2 is 2.00 bits per heavy atom. The van der Waals surface area contributed by atoms with Gasteiger partial charge in [0.2, 0.25) is 0 Å². The predicted molar refractivity (Wildman–Crippen MR) is 113 cm³/mol. The van der Waals surface area contributed by atoms with E-state index in [4.69, 9.17) is 0 Å². The van der Waals surface area contributed by atoms with Gasteiger partial charge in [0.05, 0.1) is 5.60 Å². The lowest BCUT2D eigenvalue weighted by Gasteiger charge is -2.58. The van der Waals surface area contributed by atoms with Crippen LogP contribution < -0.4 is 0 Å². The van der Waals surface area contributed by atoms with E-state index in [0.29, 0.717) is 23.6 Å². The maximum Gasteiger partial charge on any atom is 0.171 e. The zero-order chi connectivity index (χ0) is 21.3. The van der Waals surface area contributed by atoms with Gasteiger partial charge in [-0.25, -0.2) is 0 Å². The molecule has 4 aliphatic rings. The van der Waals surface area contributed by atoms with Gasteiger partial charge >= 0.3 is 0 Å². The number of hydrogen-bond acceptors (Lipinski definition) is 5. The molecule has 0 radical (unpaired) electrons. The molecule has 0 unspecified atom stereocenters. The Bertz CT molecular complexity index is 890. The fourth-order valence-corrected chi connectivity index (χ4v) is 7.87. The average Bonchev–Trinajstić information content (AvgIpc) is 3.24. The van der Waals surface area contributed by atoms with E-state index in [-0.39, 0.29) is 29.1 Å². The van der Waals surface area contributed by atoms with E-state index in [1.165, 1.54) is 17.6 Å². The van der Waals surface area contributed by atoms with Crippen molar-refractivity contribution in [1.82, 2.24) is 20.2 Å². The average molecular weight is 413 g/mol. The first-order valence-electron chi connectivity index (χ1n) is 11.8. The molecule has 0 bridgehead atoms. The molecule has 164 valence electrons. The van der Waals surface area contributed by atoms with E-state index in [1.807, 2.05) is 6.92 Å². The largest absolute Gasteiger partial charge is 0.390 e. The summed E-state index contributed by atoms with van der Waals surface area (Å²) >= 11 is 0. The van der Waals surface area contributed by atoms with E-state index in [2.05, 4.69) is 35.3 Å². The molecule has 3 saturated carbocycles. The topological polar surface area (TPSA) is 80.9 Å². The number of hydrogen-bond donors (Lipinski definition) is 1. The van der Waals surface area contributed by atoms with Crippen molar-refractivity contribution in [2.24, 2.45) is 34.5 Å². The lowest BCUT2D eigenvalue weighted by molar-refractivity contribution is -0.128. The summed E-state index contributed by atoms with van der Waals surface area (Å²) in [6, 6.07) is 0. The quantitative estimate of drug-likeness (QED) is 0.762. The Morgan fingerprint density at radius 3 is 2.73 bits per heavy atom. The molecular formula is C24H36N4O2. The molecular weight excluding hydrogens is 376 g/mol. The number of aromatic nitrogens is 4. The summed E-state index contributed by atoms with van der Waals surface area (Å²) in [4.78, 5) is 14.7. The van der Waals surface area contributed by atoms with Crippen molar-refractivity contribution in [3.8, 4) is 0 Å². The Morgan fingerprint density at radius 1 is 1.20 bits per heavy atom. The number of aryl methyl sites for hydroxylation is 1. The Labute approximate surface area is 179 Å². The van der Waals surface area contributed by atoms with Gasteiger partial charge in [-0.2, -0.15) is 4.80 Å². The molecule has 0 amide bonds. The fraction of sp³-hybridized carbons (Fsp3) is 0.833. The molecule has 30 heavy (non-hydrogen) atoms. The third kappa shape index (κ3) is 3.01. The van der Waals surface area contributed by atoms with Crippen LogP contribution in [0.2, 0.25) is 0 Å². The summed E-state index contributed by atoms with van der Waals surface area (Å²) in [5, 5.41) is 22.8. The van der Waals surface area contributed by atoms with E-state index >= 15 is 0 Å². The monoisotopic (exact) mass is 412 g/mol. The number of nitrogens with zero attached hydrogens (tertiary/aromatic N) is 4. The van der Waals surface area contributed by atoms with Crippen molar-refractivity contribution in [3.05, 3.63) is 17.5 Å². The number of rotatable bonds is 3. The first-order valence-corrected chi connectivity index (χ1v) is 11.8. The van der Waals surface area contributed by atoms with Crippen LogP contribution in [0.5, 0.6) is 0 Å². The molecule has 1 aromatic heterocycles. The third-order valence-electron chi connectivity index (χ3n) is 9.55. The number of fused-ring (bicyclic) bond motifs is 5. The molecule has 1 heterocycles. The normalized spacial score (nSPS) is 45.3. The van der Waals surface area contributed by atoms with Crippen LogP contribution in [0.1, 0.15) is 78.0 Å². The first kappa shape index (κ1) is 20.3. The molecule has 0 aliphatic heterocycles. The summed E-state index contributed by atoms with van der Waals surface area (Å²) < 4.78 is 0. The summed E-state index contributed by atoms with van der Waals surface area (Å²) in [5.74, 6) is 2.76. The molecule has 1 N–H and O–H groups in total. The van der Waals surface area contributed by atoms with E-state index < -0.39 is 5.60 Å². The van der Waals surface area contributed by atoms with Gasteiger partial charge in [0.1, 0.15) is 6.54 Å². The number of tetrazole rings is 1. The van der Waals surface area contributed by atoms with Gasteiger partial charge < -0.3 is 5.11 Å². The standard InChI is InChI=1S/C24H36N4O2/c1-15-25-27-28(26-15)14-21(29)20-8-7-18-17-6-5-16-13-22(2,30)11-12-23(16,3)19(17)9-10-24(18,20)4/h9,16-18,20,30H,5-8,10-14H2,1-4H3/t16-,17-,18-,20+,22+,23-,24-/m0/s1. The van der Waals surface area contributed by atoms with Gasteiger partial charge in [-0.3, -0.25) is 4.79 Å². The van der Waals surface area contributed by atoms with Gasteiger partial charge in [0, 0.05) is 5.92 Å². The highest BCUT2D eigenvalue weighted by atomic mass is 16.3. The van der Waals surface area contributed by atoms with Crippen LogP contribution in [0.3, 0.4) is 0 Å². The minimum Gasteiger partial charge on any atom is -0.390 e. The molecule has 6 nitrogen and oxygen atoms in total. The maximum atomic E-state index is 13.2. The maximum absolute atomic E-state index is 13.2. The summed E-state index contributed by atoms with van der Waals surface area (Å²) in [5.41, 5.74) is 1.44. The number of carbonyl (C=O) groups is 1. The van der Waals surface area contributed by atoms with Gasteiger partial charge in [0.25, 0.3) is 0 Å². The van der Waals surface area contributed by atoms with Gasteiger partial charge in [-0.1, -0.05) is 25.5 Å². The van der Waals surface area contributed by atoms with Crippen LogP contribution in [0.15, 0.2) is 11.6 Å². The first-order chi connectivity index (χ1) is 14.1. The van der Waals surface area contributed by atoms with E-state index in [0.717, 1.165) is 38.5 Å². The molecule has 5 rings (SSSR count). The lowest BCUT2D eigenvalue weighted by atomic mass is 9.47. The SMILES string of the molecule is Cc1nnn(CC(=O)[C@H]2CC[C@H]3[C@@H]4CC[C@H]5C[C@](C)(O)CC[C@]5(C)C4=CC[C@]23C)n1. The zero-order valence-corrected chi connectivity index (χ0v) is 18.9. The summed E-state index contributed by atoms with van der Waals surface area (Å²) in [6.45, 7) is 8.88. The van der Waals surface area contributed by atoms with Crippen molar-refractivity contribution >= 4 is 5.78 Å². The molecule has 1 aromatic rings. The molecule has 0 spiro atoms. The van der Waals surface area contributed by atoms with Crippen LogP contribution >= 0.6 is 0 Å². The van der Waals surface area contributed by atoms with Crippen LogP contribution in [-0.4, -0.2) is 36.7 Å². The number of ketones is 1. The molecule has 3 fully saturated rings. The lowest BCUT2D eigenvalue weighted by Crippen LogP contribution is -2.51. The van der Waals surface area contributed by atoms with E-state index in [9.17, 15) is 9.90 Å². The highest BCUT2D eigenvalue weighted by Crippen LogP contribution is 2.66. The van der Waals surface area contributed by atoms with Crippen LogP contribution in [0.4, 0.5) is 0 Å². The molecule has 0 aromatic carbocycles. The Balaban J connectivity index is 1.39. The van der Waals surface area contributed by atoms with Crippen molar-refractivity contribution in [2.75, 3.05) is 0 Å². The highest BCUT2D eigenvalue weighted by Gasteiger charge is 2.59. The van der Waals surface area contributed by atoms with Gasteiger partial charge in [-0.15, -0.1) is 10.2 Å². The van der Waals surface area contributed by atoms with Crippen LogP contribution in [-0.2, 0) is 11.3 Å². The van der Waals surface area contributed by atoms with Crippen molar-refractivity contribution < 1.29 is 9.90 Å². The predicted octanol–water partition coefficient (Wildman–Crippen LogP) is 3.88. The smallest absolute Gasteiger partial charge is 0.171 e. The molecule has 0 saturated heterocycles. The zero-order valence-electron chi connectivity index (χ0n) is 18.9. The minimum atomic E-state index is -0.501. The van der Waals surface area contributed by atoms with Crippen LogP contribution in [0.25, 0.3) is 0 Å². The summed E-state index contributed by atoms with van der Waals surface area (Å²) in [6.07, 6.45) is 11.0. The second kappa shape index (κ2) is 6.72. The third-order valence-corrected chi connectivity index (χ3v) is 9.55. The minimum absolute atomic E-state index is 0.0459. The second-order valence-corrected chi connectivity index (χ2v) is 11.4. The van der Waals surface area contributed by atoms with Crippen LogP contribution in [0, 0.1) is 41.4 Å². The van der Waals surface area contributed by atoms with Crippen molar-refractivity contribution in [3.63, 3.8) is 0 Å². The second-order valence-electron chi connectivity index (χ2n) is 11.4. The number of Topliss-reactive ketones (excluding diaryl/α,β-unsaturated/α-hetero) is 1. The number of carbonyl (C=O) groups excluding carboxylic acids is 1. The molecule has 4 aliphatic carbocycles. The van der Waals surface area contributed by atoms with Crippen molar-refractivity contribution in [2.45, 2.75) is 91.2 Å². The van der Waals surface area contributed by atoms with Gasteiger partial charge in [0.15, 0.2) is 11.6 Å². The fourth-order valence-electron chi connectivity index (χ4n) is 7.87. The number of aliphatic hydroxyl groups is 1. The number of allylic oxidation sites excluding steroid dienone is 2. The molecule has 7 atom stereocenters. The van der Waals surface area contributed by atoms with Crippen molar-refractivity contribution in [1.29, 1.82) is 0 Å². The highest BCUT2D eigenvalue weighted by molar-refractivity contribution is 5.82. The Kier molecular flexibility index (Phi) is 4.56. The Hall–Kier alpha value is -1.56. The van der Waals surface area contributed by atoms with Gasteiger partial charge in [-0.05, 0) is 99.0 Å². The summed E-state index contributed by atoms with van der Waals surface area (Å²) in [7, 11) is 0.